The summed E-state index contributed by atoms with van der Waals surface area (Å²) < 4.78 is 19.1. The Morgan fingerprint density at radius 2 is 1.21 bits per heavy atom. The highest BCUT2D eigenvalue weighted by atomic mass is 31.2. The summed E-state index contributed by atoms with van der Waals surface area (Å²) in [5, 5.41) is 1.09. The minimum Gasteiger partial charge on any atom is -0.496 e. The van der Waals surface area contributed by atoms with Crippen molar-refractivity contribution in [2.45, 2.75) is 27.7 Å². The van der Waals surface area contributed by atoms with Crippen molar-refractivity contribution < 1.29 is 13.8 Å². The zero-order chi connectivity index (χ0) is 23.1. The van der Waals surface area contributed by atoms with Gasteiger partial charge in [-0.15, -0.1) is 0 Å². The lowest BCUT2D eigenvalue weighted by Gasteiger charge is -2.28. The highest BCUT2D eigenvalue weighted by Gasteiger charge is 2.30. The zero-order valence-electron chi connectivity index (χ0n) is 19.6. The van der Waals surface area contributed by atoms with Crippen molar-refractivity contribution in [3.05, 3.63) is 95.1 Å². The molecule has 5 rings (SSSR count). The predicted molar refractivity (Wildman–Crippen MR) is 137 cm³/mol. The van der Waals surface area contributed by atoms with Gasteiger partial charge in [0.2, 0.25) is 0 Å². The molecule has 1 aliphatic rings. The highest BCUT2D eigenvalue weighted by molar-refractivity contribution is 7.57. The van der Waals surface area contributed by atoms with Crippen LogP contribution in [0.15, 0.2) is 72.8 Å². The molecule has 1 unspecified atom stereocenters. The van der Waals surface area contributed by atoms with E-state index in [1.807, 2.05) is 24.3 Å². The Balaban J connectivity index is 1.66. The SMILES string of the molecule is COc1c(C)cc(C)cc1-c1cc(C)cc(C)c1OP1Oc2ccccc2-c2ccccc21. The van der Waals surface area contributed by atoms with Crippen LogP contribution in [0.25, 0.3) is 22.3 Å². The Morgan fingerprint density at radius 3 is 1.91 bits per heavy atom. The van der Waals surface area contributed by atoms with E-state index in [0.717, 1.165) is 50.4 Å². The molecule has 0 saturated carbocycles. The fourth-order valence-electron chi connectivity index (χ4n) is 4.62. The summed E-state index contributed by atoms with van der Waals surface area (Å²) in [6.45, 7) is 8.41. The first-order chi connectivity index (χ1) is 16.0. The molecule has 3 nitrogen and oxygen atoms in total. The van der Waals surface area contributed by atoms with Gasteiger partial charge in [0, 0.05) is 16.7 Å². The maximum atomic E-state index is 6.78. The molecule has 0 radical (unpaired) electrons. The fourth-order valence-corrected chi connectivity index (χ4v) is 6.20. The molecular weight excluding hydrogens is 427 g/mol. The third-order valence-corrected chi connectivity index (χ3v) is 7.46. The summed E-state index contributed by atoms with van der Waals surface area (Å²) >= 11 is 0. The van der Waals surface area contributed by atoms with Gasteiger partial charge >= 0.3 is 8.38 Å². The number of benzene rings is 4. The monoisotopic (exact) mass is 454 g/mol. The molecule has 4 aromatic carbocycles. The van der Waals surface area contributed by atoms with Crippen LogP contribution in [0.4, 0.5) is 0 Å². The lowest BCUT2D eigenvalue weighted by molar-refractivity contribution is 0.413. The van der Waals surface area contributed by atoms with E-state index in [4.69, 9.17) is 13.8 Å². The molecule has 166 valence electrons. The molecule has 1 heterocycles. The van der Waals surface area contributed by atoms with Gasteiger partial charge in [0.25, 0.3) is 0 Å². The number of methoxy groups -OCH3 is 1. The van der Waals surface area contributed by atoms with Crippen molar-refractivity contribution in [3.63, 3.8) is 0 Å². The van der Waals surface area contributed by atoms with Gasteiger partial charge in [-0.2, -0.15) is 0 Å². The van der Waals surface area contributed by atoms with Gasteiger partial charge in [-0.3, -0.25) is 0 Å². The molecule has 0 aromatic heterocycles. The quantitative estimate of drug-likeness (QED) is 0.296. The van der Waals surface area contributed by atoms with Gasteiger partial charge in [0.15, 0.2) is 0 Å². The van der Waals surface area contributed by atoms with Gasteiger partial charge < -0.3 is 13.8 Å². The molecule has 4 heteroatoms. The van der Waals surface area contributed by atoms with E-state index >= 15 is 0 Å². The third-order valence-electron chi connectivity index (χ3n) is 5.97. The van der Waals surface area contributed by atoms with Crippen molar-refractivity contribution in [3.8, 4) is 39.5 Å². The second-order valence-corrected chi connectivity index (χ2v) is 9.94. The first kappa shape index (κ1) is 21.6. The third kappa shape index (κ3) is 3.87. The number of para-hydroxylation sites is 1. The molecular formula is C29H27O3P. The number of fused-ring (bicyclic) bond motifs is 3. The van der Waals surface area contributed by atoms with Crippen LogP contribution >= 0.6 is 8.38 Å². The molecule has 1 atom stereocenters. The van der Waals surface area contributed by atoms with Crippen LogP contribution in [0.2, 0.25) is 0 Å². The first-order valence-corrected chi connectivity index (χ1v) is 12.3. The largest absolute Gasteiger partial charge is 0.496 e. The Bertz CT molecular complexity index is 1360. The maximum Gasteiger partial charge on any atom is 0.326 e. The van der Waals surface area contributed by atoms with Crippen molar-refractivity contribution >= 4 is 13.7 Å². The van der Waals surface area contributed by atoms with Crippen LogP contribution in [0.5, 0.6) is 17.2 Å². The van der Waals surface area contributed by atoms with Crippen LogP contribution in [0.1, 0.15) is 22.3 Å². The Morgan fingerprint density at radius 1 is 0.636 bits per heavy atom. The second-order valence-electron chi connectivity index (χ2n) is 8.57. The molecule has 33 heavy (non-hydrogen) atoms. The normalized spacial score (nSPS) is 14.2. The molecule has 0 aliphatic carbocycles. The Hall–Kier alpha value is -3.29. The lowest BCUT2D eigenvalue weighted by atomic mass is 9.95. The molecule has 4 aromatic rings. The molecule has 0 fully saturated rings. The highest BCUT2D eigenvalue weighted by Crippen LogP contribution is 2.52. The molecule has 0 N–H and O–H groups in total. The Kier molecular flexibility index (Phi) is 5.60. The summed E-state index contributed by atoms with van der Waals surface area (Å²) in [5.41, 5.74) is 8.89. The van der Waals surface area contributed by atoms with Crippen LogP contribution in [-0.2, 0) is 0 Å². The summed E-state index contributed by atoms with van der Waals surface area (Å²) in [7, 11) is 0.375. The van der Waals surface area contributed by atoms with E-state index in [9.17, 15) is 0 Å². The topological polar surface area (TPSA) is 27.7 Å². The van der Waals surface area contributed by atoms with Crippen LogP contribution in [-0.4, -0.2) is 7.11 Å². The van der Waals surface area contributed by atoms with Crippen molar-refractivity contribution in [2.75, 3.05) is 7.11 Å². The molecule has 1 aliphatic heterocycles. The number of rotatable bonds is 4. The number of ether oxygens (including phenoxy) is 1. The van der Waals surface area contributed by atoms with Gasteiger partial charge in [-0.05, 0) is 79.8 Å². The maximum absolute atomic E-state index is 6.78. The van der Waals surface area contributed by atoms with E-state index in [-0.39, 0.29) is 0 Å². The van der Waals surface area contributed by atoms with Crippen LogP contribution in [0.3, 0.4) is 0 Å². The summed E-state index contributed by atoms with van der Waals surface area (Å²) in [5.74, 6) is 2.57. The number of hydrogen-bond acceptors (Lipinski definition) is 3. The van der Waals surface area contributed by atoms with Crippen molar-refractivity contribution in [1.82, 2.24) is 0 Å². The van der Waals surface area contributed by atoms with E-state index in [2.05, 4.69) is 76.2 Å². The molecule has 0 bridgehead atoms. The fraction of sp³-hybridized carbons (Fsp3) is 0.172. The average Bonchev–Trinajstić information content (AvgIpc) is 2.80. The first-order valence-electron chi connectivity index (χ1n) is 11.1. The smallest absolute Gasteiger partial charge is 0.326 e. The average molecular weight is 455 g/mol. The molecule has 0 amide bonds. The van der Waals surface area contributed by atoms with Crippen molar-refractivity contribution in [2.24, 2.45) is 0 Å². The Labute approximate surface area is 196 Å². The van der Waals surface area contributed by atoms with Gasteiger partial charge in [-0.1, -0.05) is 48.5 Å². The second kappa shape index (κ2) is 8.57. The molecule has 0 spiro atoms. The standard InChI is InChI=1S/C29H27O3P/c1-18-14-20(3)28(30-5)24(16-18)25-17-19(2)15-21(4)29(25)32-33-27-13-9-7-11-23(27)22-10-6-8-12-26(22)31-33/h6-17H,1-5H3. The summed E-state index contributed by atoms with van der Waals surface area (Å²) in [6, 6.07) is 25.2. The van der Waals surface area contributed by atoms with Gasteiger partial charge in [-0.25, -0.2) is 0 Å². The summed E-state index contributed by atoms with van der Waals surface area (Å²) in [4.78, 5) is 0. The van der Waals surface area contributed by atoms with Gasteiger partial charge in [0.1, 0.15) is 17.2 Å². The van der Waals surface area contributed by atoms with E-state index in [0.29, 0.717) is 0 Å². The minimum absolute atomic E-state index is 0.837. The lowest BCUT2D eigenvalue weighted by Crippen LogP contribution is -2.17. The van der Waals surface area contributed by atoms with E-state index in [1.54, 1.807) is 7.11 Å². The minimum atomic E-state index is -1.35. The van der Waals surface area contributed by atoms with E-state index in [1.165, 1.54) is 16.7 Å². The van der Waals surface area contributed by atoms with Gasteiger partial charge in [0.05, 0.1) is 12.4 Å². The summed E-state index contributed by atoms with van der Waals surface area (Å²) in [6.07, 6.45) is 0. The van der Waals surface area contributed by atoms with Crippen LogP contribution < -0.4 is 19.1 Å². The van der Waals surface area contributed by atoms with Crippen molar-refractivity contribution in [1.29, 1.82) is 0 Å². The number of aryl methyl sites for hydroxylation is 4. The van der Waals surface area contributed by atoms with Crippen LogP contribution in [0, 0.1) is 27.7 Å². The number of hydrogen-bond donors (Lipinski definition) is 0. The predicted octanol–water partition coefficient (Wildman–Crippen LogP) is 7.67. The van der Waals surface area contributed by atoms with E-state index < -0.39 is 8.38 Å². The zero-order valence-corrected chi connectivity index (χ0v) is 20.5. The molecule has 0 saturated heterocycles.